The second-order valence-electron chi connectivity index (χ2n) is 12.8. The van der Waals surface area contributed by atoms with Crippen LogP contribution in [-0.4, -0.2) is 33.4 Å². The second kappa shape index (κ2) is 11.3. The van der Waals surface area contributed by atoms with E-state index in [-0.39, 0.29) is 23.6 Å². The molecular weight excluding hydrogens is 892 g/mol. The van der Waals surface area contributed by atoms with E-state index in [0.29, 0.717) is 50.9 Å². The summed E-state index contributed by atoms with van der Waals surface area (Å²) in [7, 11) is 0. The molecule has 0 N–H and O–H groups in total. The van der Waals surface area contributed by atoms with Crippen molar-refractivity contribution in [2.24, 2.45) is 0 Å². The van der Waals surface area contributed by atoms with E-state index in [4.69, 9.17) is 0 Å². The molecule has 6 nitrogen and oxygen atoms in total. The van der Waals surface area contributed by atoms with Crippen LogP contribution in [0.1, 0.15) is 78.5 Å². The minimum absolute atomic E-state index is 0.377. The Hall–Kier alpha value is -3.96. The van der Waals surface area contributed by atoms with Crippen LogP contribution in [0.2, 0.25) is 0 Å². The molecule has 0 aromatic heterocycles. The Balaban J connectivity index is 1.36. The molecule has 0 fully saturated rings. The van der Waals surface area contributed by atoms with Crippen molar-refractivity contribution < 1.29 is 19.2 Å². The number of fused-ring (bicyclic) bond motifs is 2. The summed E-state index contributed by atoms with van der Waals surface area (Å²) in [4.78, 5) is 60.0. The first-order valence-corrected chi connectivity index (χ1v) is 19.0. The highest BCUT2D eigenvalue weighted by molar-refractivity contribution is 9.11. The van der Waals surface area contributed by atoms with E-state index >= 15 is 0 Å². The average molecular weight is 914 g/mol. The molecule has 7 aromatic rings. The van der Waals surface area contributed by atoms with E-state index in [1.165, 1.54) is 9.80 Å². The molecule has 2 aliphatic heterocycles. The van der Waals surface area contributed by atoms with Gasteiger partial charge in [-0.3, -0.25) is 29.0 Å². The van der Waals surface area contributed by atoms with Gasteiger partial charge in [0.05, 0.1) is 12.1 Å². The molecule has 0 aliphatic carbocycles. The molecule has 10 heteroatoms. The molecule has 2 aliphatic rings. The zero-order chi connectivity index (χ0) is 34.9. The van der Waals surface area contributed by atoms with Gasteiger partial charge in [-0.2, -0.15) is 0 Å². The van der Waals surface area contributed by atoms with E-state index in [9.17, 15) is 19.2 Å². The molecule has 7 aromatic carbocycles. The van der Waals surface area contributed by atoms with E-state index in [0.717, 1.165) is 43.4 Å². The van der Waals surface area contributed by atoms with Crippen molar-refractivity contribution in [1.29, 1.82) is 0 Å². The first kappa shape index (κ1) is 32.0. The molecule has 0 saturated carbocycles. The van der Waals surface area contributed by atoms with Crippen molar-refractivity contribution >= 4 is 130 Å². The van der Waals surface area contributed by atoms with Crippen LogP contribution < -0.4 is 0 Å². The van der Waals surface area contributed by atoms with E-state index < -0.39 is 12.1 Å². The van der Waals surface area contributed by atoms with Crippen LogP contribution in [0.4, 0.5) is 0 Å². The lowest BCUT2D eigenvalue weighted by Crippen LogP contribution is -2.42. The summed E-state index contributed by atoms with van der Waals surface area (Å²) in [5.41, 5.74) is 3.36. The van der Waals surface area contributed by atoms with Gasteiger partial charge < -0.3 is 0 Å². The molecule has 0 spiro atoms. The number of nitrogens with zero attached hydrogens (tertiary/aromatic N) is 2. The summed E-state index contributed by atoms with van der Waals surface area (Å²) in [5, 5.41) is 5.67. The van der Waals surface area contributed by atoms with Gasteiger partial charge in [0.15, 0.2) is 0 Å². The summed E-state index contributed by atoms with van der Waals surface area (Å²) >= 11 is 15.3. The van der Waals surface area contributed by atoms with Gasteiger partial charge in [0.2, 0.25) is 0 Å². The lowest BCUT2D eigenvalue weighted by atomic mass is 9.81. The first-order valence-electron chi connectivity index (χ1n) is 15.8. The lowest BCUT2D eigenvalue weighted by molar-refractivity contribution is 0.0534. The lowest BCUT2D eigenvalue weighted by Gasteiger charge is -2.35. The molecule has 50 heavy (non-hydrogen) atoms. The van der Waals surface area contributed by atoms with Gasteiger partial charge in [-0.05, 0) is 49.2 Å². The Kier molecular flexibility index (Phi) is 7.21. The third-order valence-electron chi connectivity index (χ3n) is 10.3. The zero-order valence-corrected chi connectivity index (χ0v) is 32.6. The van der Waals surface area contributed by atoms with Crippen LogP contribution in [0.3, 0.4) is 0 Å². The Morgan fingerprint density at radius 2 is 0.660 bits per heavy atom. The fraction of sp³-hybridized carbons (Fsp3) is 0.100. The maximum atomic E-state index is 14.3. The summed E-state index contributed by atoms with van der Waals surface area (Å²) in [6, 6.07) is 25.2. The van der Waals surface area contributed by atoms with Crippen molar-refractivity contribution in [1.82, 2.24) is 9.80 Å². The first-order chi connectivity index (χ1) is 24.0. The van der Waals surface area contributed by atoms with E-state index in [1.807, 2.05) is 74.5 Å². The van der Waals surface area contributed by atoms with Gasteiger partial charge in [-0.1, -0.05) is 124 Å². The van der Waals surface area contributed by atoms with Crippen molar-refractivity contribution in [3.63, 3.8) is 0 Å². The molecule has 4 amide bonds. The van der Waals surface area contributed by atoms with Crippen LogP contribution in [0.15, 0.2) is 103 Å². The van der Waals surface area contributed by atoms with Crippen LogP contribution in [0.25, 0.3) is 43.1 Å². The van der Waals surface area contributed by atoms with Crippen molar-refractivity contribution in [2.75, 3.05) is 0 Å². The van der Waals surface area contributed by atoms with Gasteiger partial charge in [0, 0.05) is 83.2 Å². The van der Waals surface area contributed by atoms with Crippen molar-refractivity contribution in [3.8, 4) is 0 Å². The van der Waals surface area contributed by atoms with Gasteiger partial charge in [0.25, 0.3) is 23.6 Å². The topological polar surface area (TPSA) is 74.8 Å². The number of amides is 4. The highest BCUT2D eigenvalue weighted by atomic mass is 79.9. The highest BCUT2D eigenvalue weighted by Gasteiger charge is 2.41. The van der Waals surface area contributed by atoms with Gasteiger partial charge >= 0.3 is 0 Å². The van der Waals surface area contributed by atoms with Gasteiger partial charge in [-0.15, -0.1) is 0 Å². The minimum atomic E-state index is -0.497. The summed E-state index contributed by atoms with van der Waals surface area (Å²) in [5.74, 6) is -1.51. The Bertz CT molecular complexity index is 2390. The summed E-state index contributed by atoms with van der Waals surface area (Å²) < 4.78 is 2.60. The van der Waals surface area contributed by atoms with E-state index in [2.05, 4.69) is 63.7 Å². The molecule has 244 valence electrons. The summed E-state index contributed by atoms with van der Waals surface area (Å²) in [6.45, 7) is 3.72. The normalized spacial score (nSPS) is 15.7. The number of benzene rings is 7. The number of hydrogen-bond acceptors (Lipinski definition) is 4. The predicted molar refractivity (Wildman–Crippen MR) is 209 cm³/mol. The zero-order valence-electron chi connectivity index (χ0n) is 26.3. The minimum Gasteiger partial charge on any atom is -0.269 e. The van der Waals surface area contributed by atoms with Gasteiger partial charge in [-0.25, -0.2) is 0 Å². The Morgan fingerprint density at radius 1 is 0.400 bits per heavy atom. The van der Waals surface area contributed by atoms with E-state index in [1.54, 1.807) is 24.3 Å². The Morgan fingerprint density at radius 3 is 0.920 bits per heavy atom. The molecular formula is C40H22Br4N2O4. The number of hydrogen-bond donors (Lipinski definition) is 0. The predicted octanol–water partition coefficient (Wildman–Crippen LogP) is 11.5. The third-order valence-corrected chi connectivity index (χ3v) is 12.8. The standard InChI is InChI=1S/C40H22Br4N2O4/c1-17(19-9-5-3-6-10-19)45-37(47)21-13-25(41)31-33-27(43)15-23-30-24(40(50)46(39(23)49)18(2)20-11-7-4-8-12-20)16-28(44)34(36(30)33)32-26(42)14-22(38(45)48)29(21)35(31)32/h3-18H,1-2H3/t17-,18-/m1/s1. The van der Waals surface area contributed by atoms with Crippen molar-refractivity contribution in [3.05, 3.63) is 136 Å². The fourth-order valence-electron chi connectivity index (χ4n) is 7.96. The Labute approximate surface area is 319 Å². The van der Waals surface area contributed by atoms with Crippen molar-refractivity contribution in [2.45, 2.75) is 25.9 Å². The van der Waals surface area contributed by atoms with Crippen LogP contribution >= 0.6 is 63.7 Å². The number of imide groups is 2. The maximum absolute atomic E-state index is 14.3. The SMILES string of the molecule is C[C@H](c1ccccc1)N1C(=O)c2cc(Br)c3c4c(Br)cc5c6c(cc(Br)c(c7c(Br)cc(c2c37)C1=O)c64)C(=O)N([C@H](C)c1ccccc1)C5=O. The van der Waals surface area contributed by atoms with Crippen LogP contribution in [-0.2, 0) is 0 Å². The number of carbonyl (C=O) groups excluding carboxylic acids is 4. The smallest absolute Gasteiger partial charge is 0.262 e. The molecule has 2 atom stereocenters. The molecule has 0 bridgehead atoms. The summed E-state index contributed by atoms with van der Waals surface area (Å²) in [6.07, 6.45) is 0. The molecule has 2 heterocycles. The highest BCUT2D eigenvalue weighted by Crippen LogP contribution is 2.54. The second-order valence-corrected chi connectivity index (χ2v) is 16.2. The van der Waals surface area contributed by atoms with Crippen LogP contribution in [0, 0.1) is 0 Å². The largest absolute Gasteiger partial charge is 0.269 e. The monoisotopic (exact) mass is 910 g/mol. The van der Waals surface area contributed by atoms with Gasteiger partial charge in [0.1, 0.15) is 0 Å². The number of halogens is 4. The fourth-order valence-corrected chi connectivity index (χ4v) is 10.5. The average Bonchev–Trinajstić information content (AvgIpc) is 3.11. The molecule has 9 rings (SSSR count). The maximum Gasteiger partial charge on any atom is 0.262 e. The number of rotatable bonds is 4. The third kappa shape index (κ3) is 4.16. The molecule has 0 unspecified atom stereocenters. The quantitative estimate of drug-likeness (QED) is 0.100. The molecule has 0 radical (unpaired) electrons. The van der Waals surface area contributed by atoms with Crippen LogP contribution in [0.5, 0.6) is 0 Å². The number of carbonyl (C=O) groups is 4. The molecule has 0 saturated heterocycles.